The van der Waals surface area contributed by atoms with Crippen molar-refractivity contribution in [2.45, 2.75) is 63.0 Å². The minimum atomic E-state index is -1.66. The molecule has 0 aliphatic carbocycles. The molecule has 0 saturated carbocycles. The molecule has 6 N–H and O–H groups in total. The molecule has 2 aliphatic heterocycles. The van der Waals surface area contributed by atoms with Crippen molar-refractivity contribution in [3.63, 3.8) is 0 Å². The quantitative estimate of drug-likeness (QED) is 0.139. The van der Waals surface area contributed by atoms with Gasteiger partial charge in [0.1, 0.15) is 36.8 Å². The molecule has 0 spiro atoms. The van der Waals surface area contributed by atoms with Gasteiger partial charge in [0, 0.05) is 32.2 Å². The third-order valence-corrected chi connectivity index (χ3v) is 6.17. The number of ether oxygens (including phenoxy) is 3. The molecule has 2 heterocycles. The Hall–Kier alpha value is -3.56. The van der Waals surface area contributed by atoms with Crippen LogP contribution in [0.5, 0.6) is 5.75 Å². The van der Waals surface area contributed by atoms with Crippen LogP contribution >= 0.6 is 0 Å². The summed E-state index contributed by atoms with van der Waals surface area (Å²) in [7, 11) is 1.41. The van der Waals surface area contributed by atoms with Gasteiger partial charge in [-0.15, -0.1) is 0 Å². The number of unbranched alkanes of at least 4 members (excludes halogenated alkanes) is 2. The summed E-state index contributed by atoms with van der Waals surface area (Å²) >= 11 is 0. The summed E-state index contributed by atoms with van der Waals surface area (Å²) in [6.45, 7) is -0.497. The molecule has 0 bridgehead atoms. The first-order valence-electron chi connectivity index (χ1n) is 12.4. The molecule has 1 aromatic carbocycles. The summed E-state index contributed by atoms with van der Waals surface area (Å²) in [6.07, 6.45) is -4.07. The van der Waals surface area contributed by atoms with Crippen molar-refractivity contribution in [1.82, 2.24) is 10.2 Å². The molecule has 2 aliphatic rings. The highest BCUT2D eigenvalue weighted by Crippen LogP contribution is 2.31. The van der Waals surface area contributed by atoms with Gasteiger partial charge in [-0.25, -0.2) is 4.79 Å². The molecule has 39 heavy (non-hydrogen) atoms. The second-order valence-corrected chi connectivity index (χ2v) is 8.99. The van der Waals surface area contributed by atoms with Gasteiger partial charge in [0.05, 0.1) is 12.3 Å². The number of imide groups is 1. The molecular formula is C25H33N3O11. The van der Waals surface area contributed by atoms with E-state index in [0.29, 0.717) is 24.8 Å². The fourth-order valence-electron chi connectivity index (χ4n) is 3.97. The van der Waals surface area contributed by atoms with Gasteiger partial charge >= 0.3 is 6.09 Å². The Morgan fingerprint density at radius 3 is 2.41 bits per heavy atom. The second-order valence-electron chi connectivity index (χ2n) is 8.99. The molecule has 1 saturated heterocycles. The van der Waals surface area contributed by atoms with Crippen molar-refractivity contribution in [1.29, 1.82) is 0 Å². The van der Waals surface area contributed by atoms with Gasteiger partial charge in [0.15, 0.2) is 0 Å². The molecular weight excluding hydrogens is 518 g/mol. The van der Waals surface area contributed by atoms with Gasteiger partial charge in [0.25, 0.3) is 11.8 Å². The van der Waals surface area contributed by atoms with E-state index in [0.717, 1.165) is 4.90 Å². The van der Waals surface area contributed by atoms with Crippen molar-refractivity contribution < 1.29 is 53.8 Å². The minimum Gasteiger partial charge on any atom is -0.460 e. The standard InChI is InChI=1S/C25H33N3O11/c1-26-25(36)37-13-14-6-7-16(38-24-23(35)22(34)21(33)17(12-29)39-24)15(11-14)27-18(30)5-3-2-4-10-28-19(31)8-9-20(28)32/h6-9,11,17,21-24,29,33-35H,2-5,10,12-13H2,1H3,(H,26,36)(H,27,30)/t17-,21-,22+,23-,24-/m1/s1. The maximum absolute atomic E-state index is 12.7. The third kappa shape index (κ3) is 7.97. The highest BCUT2D eigenvalue weighted by atomic mass is 16.7. The van der Waals surface area contributed by atoms with E-state index >= 15 is 0 Å². The van der Waals surface area contributed by atoms with E-state index < -0.39 is 43.4 Å². The number of rotatable bonds is 12. The fourth-order valence-corrected chi connectivity index (χ4v) is 3.97. The number of carbonyl (C=O) groups is 4. The number of anilines is 1. The summed E-state index contributed by atoms with van der Waals surface area (Å²) in [4.78, 5) is 48.5. The third-order valence-electron chi connectivity index (χ3n) is 6.17. The Kier molecular flexibility index (Phi) is 10.8. The highest BCUT2D eigenvalue weighted by Gasteiger charge is 2.45. The second kappa shape index (κ2) is 14.0. The molecule has 0 radical (unpaired) electrons. The van der Waals surface area contributed by atoms with Crippen LogP contribution in [0.15, 0.2) is 30.4 Å². The lowest BCUT2D eigenvalue weighted by Crippen LogP contribution is -2.60. The maximum Gasteiger partial charge on any atom is 0.407 e. The van der Waals surface area contributed by atoms with Gasteiger partial charge < -0.3 is 45.3 Å². The Labute approximate surface area is 224 Å². The molecule has 4 amide bonds. The molecule has 214 valence electrons. The van der Waals surface area contributed by atoms with E-state index in [4.69, 9.17) is 14.2 Å². The van der Waals surface area contributed by atoms with Gasteiger partial charge in [-0.1, -0.05) is 12.5 Å². The van der Waals surface area contributed by atoms with Crippen LogP contribution in [0, 0.1) is 0 Å². The number of aliphatic hydroxyl groups excluding tert-OH is 4. The average Bonchev–Trinajstić information content (AvgIpc) is 3.24. The first kappa shape index (κ1) is 30.0. The molecule has 0 aromatic heterocycles. The minimum absolute atomic E-state index is 0.0509. The van der Waals surface area contributed by atoms with Gasteiger partial charge in [0.2, 0.25) is 12.2 Å². The van der Waals surface area contributed by atoms with Crippen LogP contribution < -0.4 is 15.4 Å². The number of hydrogen-bond acceptors (Lipinski definition) is 11. The number of aliphatic hydroxyl groups is 4. The number of hydrogen-bond donors (Lipinski definition) is 6. The lowest BCUT2D eigenvalue weighted by molar-refractivity contribution is -0.277. The Bertz CT molecular complexity index is 1060. The van der Waals surface area contributed by atoms with Crippen LogP contribution in [0.25, 0.3) is 0 Å². The molecule has 1 aromatic rings. The molecule has 5 atom stereocenters. The number of nitrogens with zero attached hydrogens (tertiary/aromatic N) is 1. The topological polar surface area (TPSA) is 204 Å². The van der Waals surface area contributed by atoms with E-state index in [1.54, 1.807) is 6.07 Å². The van der Waals surface area contributed by atoms with Crippen LogP contribution in [0.4, 0.5) is 10.5 Å². The average molecular weight is 552 g/mol. The summed E-state index contributed by atoms with van der Waals surface area (Å²) in [5.41, 5.74) is 0.665. The molecule has 0 unspecified atom stereocenters. The van der Waals surface area contributed by atoms with Gasteiger partial charge in [-0.05, 0) is 30.5 Å². The van der Waals surface area contributed by atoms with Gasteiger partial charge in [-0.3, -0.25) is 19.3 Å². The maximum atomic E-state index is 12.7. The monoisotopic (exact) mass is 551 g/mol. The van der Waals surface area contributed by atoms with Crippen molar-refractivity contribution in [3.05, 3.63) is 35.9 Å². The lowest BCUT2D eigenvalue weighted by Gasteiger charge is -2.39. The zero-order valence-electron chi connectivity index (χ0n) is 21.3. The Balaban J connectivity index is 1.63. The van der Waals surface area contributed by atoms with Crippen molar-refractivity contribution in [2.24, 2.45) is 0 Å². The summed E-state index contributed by atoms with van der Waals surface area (Å²) in [5, 5.41) is 44.8. The van der Waals surface area contributed by atoms with E-state index in [-0.39, 0.29) is 48.7 Å². The highest BCUT2D eigenvalue weighted by molar-refractivity contribution is 6.12. The first-order chi connectivity index (χ1) is 18.6. The van der Waals surface area contributed by atoms with Gasteiger partial charge in [-0.2, -0.15) is 0 Å². The Morgan fingerprint density at radius 2 is 1.74 bits per heavy atom. The van der Waals surface area contributed by atoms with Crippen LogP contribution in [-0.2, 0) is 30.5 Å². The van der Waals surface area contributed by atoms with Crippen LogP contribution in [0.1, 0.15) is 31.2 Å². The Morgan fingerprint density at radius 1 is 1.03 bits per heavy atom. The van der Waals surface area contributed by atoms with Crippen LogP contribution in [-0.4, -0.2) is 100 Å². The number of nitrogens with one attached hydrogen (secondary N) is 2. The van der Waals surface area contributed by atoms with E-state index in [2.05, 4.69) is 10.6 Å². The predicted octanol–water partition coefficient (Wildman–Crippen LogP) is -0.855. The van der Waals surface area contributed by atoms with E-state index in [1.807, 2.05) is 0 Å². The fraction of sp³-hybridized carbons (Fsp3) is 0.520. The van der Waals surface area contributed by atoms with Crippen molar-refractivity contribution in [2.75, 3.05) is 25.5 Å². The number of amides is 4. The van der Waals surface area contributed by atoms with Crippen LogP contribution in [0.2, 0.25) is 0 Å². The zero-order chi connectivity index (χ0) is 28.5. The van der Waals surface area contributed by atoms with E-state index in [9.17, 15) is 39.6 Å². The normalized spacial score (nSPS) is 24.5. The lowest BCUT2D eigenvalue weighted by atomic mass is 9.99. The first-order valence-corrected chi connectivity index (χ1v) is 12.4. The van der Waals surface area contributed by atoms with Crippen molar-refractivity contribution in [3.8, 4) is 5.75 Å². The molecule has 14 heteroatoms. The SMILES string of the molecule is CNC(=O)OCc1ccc(O[C@@H]2O[C@H](CO)[C@@H](O)[C@H](O)[C@H]2O)c(NC(=O)CCCCCN2C(=O)C=CC2=O)c1. The summed E-state index contributed by atoms with van der Waals surface area (Å²) in [6, 6.07) is 4.49. The van der Waals surface area contributed by atoms with Crippen molar-refractivity contribution >= 4 is 29.5 Å². The molecule has 1 fully saturated rings. The largest absolute Gasteiger partial charge is 0.460 e. The molecule has 14 nitrogen and oxygen atoms in total. The number of benzene rings is 1. The number of alkyl carbamates (subject to hydrolysis) is 1. The summed E-state index contributed by atoms with van der Waals surface area (Å²) < 4.78 is 16.1. The zero-order valence-corrected chi connectivity index (χ0v) is 21.3. The van der Waals surface area contributed by atoms with Crippen LogP contribution in [0.3, 0.4) is 0 Å². The summed E-state index contributed by atoms with van der Waals surface area (Å²) in [5.74, 6) is -1.04. The van der Waals surface area contributed by atoms with E-state index in [1.165, 1.54) is 31.3 Å². The molecule has 3 rings (SSSR count). The smallest absolute Gasteiger partial charge is 0.407 e. The predicted molar refractivity (Wildman–Crippen MR) is 133 cm³/mol. The number of carbonyl (C=O) groups excluding carboxylic acids is 4.